The number of pyridine rings is 1. The van der Waals surface area contributed by atoms with Crippen molar-refractivity contribution in [1.29, 1.82) is 0 Å². The van der Waals surface area contributed by atoms with Crippen molar-refractivity contribution in [3.63, 3.8) is 0 Å². The zero-order valence-corrected chi connectivity index (χ0v) is 15.9. The maximum absolute atomic E-state index is 12.5. The van der Waals surface area contributed by atoms with Crippen molar-refractivity contribution in [3.8, 4) is 0 Å². The number of rotatable bonds is 2. The molecule has 0 saturated carbocycles. The molecule has 0 radical (unpaired) electrons. The standard InChI is InChI=1S/C16H23BrN2O4/c1-15(2,3)22-13(20)19(14(21)23-16(4,5)6)12-11(10-17)8-7-9-18-12/h7-9H,10H2,1-6H3. The topological polar surface area (TPSA) is 68.7 Å². The van der Waals surface area contributed by atoms with E-state index in [1.54, 1.807) is 53.7 Å². The van der Waals surface area contributed by atoms with Crippen molar-refractivity contribution in [3.05, 3.63) is 23.9 Å². The van der Waals surface area contributed by atoms with Gasteiger partial charge in [0.25, 0.3) is 0 Å². The van der Waals surface area contributed by atoms with Crippen LogP contribution in [0.3, 0.4) is 0 Å². The second-order valence-electron chi connectivity index (χ2n) is 6.92. The minimum Gasteiger partial charge on any atom is -0.443 e. The van der Waals surface area contributed by atoms with E-state index in [1.807, 2.05) is 0 Å². The number of amides is 2. The number of nitrogens with zero attached hydrogens (tertiary/aromatic N) is 2. The SMILES string of the molecule is CC(C)(C)OC(=O)N(C(=O)OC(C)(C)C)c1ncccc1CBr. The summed E-state index contributed by atoms with van der Waals surface area (Å²) in [6.45, 7) is 10.3. The molecule has 0 aromatic carbocycles. The molecule has 0 unspecified atom stereocenters. The van der Waals surface area contributed by atoms with Crippen molar-refractivity contribution in [2.75, 3.05) is 4.90 Å². The number of carbonyl (C=O) groups is 2. The highest BCUT2D eigenvalue weighted by atomic mass is 79.9. The van der Waals surface area contributed by atoms with Gasteiger partial charge < -0.3 is 9.47 Å². The van der Waals surface area contributed by atoms with Crippen LogP contribution in [0.4, 0.5) is 15.4 Å². The molecule has 0 atom stereocenters. The predicted octanol–water partition coefficient (Wildman–Crippen LogP) is 4.65. The molecular formula is C16H23BrN2O4. The Bertz CT molecular complexity index is 548. The first-order valence-electron chi connectivity index (χ1n) is 7.20. The normalized spacial score (nSPS) is 11.8. The molecular weight excluding hydrogens is 364 g/mol. The highest BCUT2D eigenvalue weighted by Crippen LogP contribution is 2.24. The van der Waals surface area contributed by atoms with Crippen LogP contribution in [0.2, 0.25) is 0 Å². The van der Waals surface area contributed by atoms with E-state index < -0.39 is 23.4 Å². The zero-order valence-electron chi connectivity index (χ0n) is 14.3. The molecule has 0 N–H and O–H groups in total. The fourth-order valence-electron chi connectivity index (χ4n) is 1.60. The maximum Gasteiger partial charge on any atom is 0.425 e. The Kier molecular flexibility index (Phi) is 6.16. The van der Waals surface area contributed by atoms with Gasteiger partial charge >= 0.3 is 12.2 Å². The largest absolute Gasteiger partial charge is 0.443 e. The summed E-state index contributed by atoms with van der Waals surface area (Å²) in [5.41, 5.74) is -0.828. The number of carbonyl (C=O) groups excluding carboxylic acids is 2. The van der Waals surface area contributed by atoms with Gasteiger partial charge in [-0.2, -0.15) is 4.90 Å². The minimum absolute atomic E-state index is 0.188. The number of alkyl halides is 1. The van der Waals surface area contributed by atoms with Gasteiger partial charge in [-0.3, -0.25) is 0 Å². The Balaban J connectivity index is 3.26. The molecule has 1 aromatic heterocycles. The number of hydrogen-bond donors (Lipinski definition) is 0. The van der Waals surface area contributed by atoms with Crippen LogP contribution in [0.15, 0.2) is 18.3 Å². The molecule has 0 spiro atoms. The highest BCUT2D eigenvalue weighted by Gasteiger charge is 2.34. The fourth-order valence-corrected chi connectivity index (χ4v) is 2.04. The first kappa shape index (κ1) is 19.4. The van der Waals surface area contributed by atoms with Crippen LogP contribution < -0.4 is 4.90 Å². The first-order chi connectivity index (χ1) is 10.4. The summed E-state index contributed by atoms with van der Waals surface area (Å²) in [7, 11) is 0. The molecule has 0 fully saturated rings. The number of hydrogen-bond acceptors (Lipinski definition) is 5. The van der Waals surface area contributed by atoms with Crippen molar-refractivity contribution >= 4 is 33.9 Å². The Hall–Kier alpha value is -1.63. The lowest BCUT2D eigenvalue weighted by Gasteiger charge is -2.28. The van der Waals surface area contributed by atoms with Crippen LogP contribution in [0.25, 0.3) is 0 Å². The zero-order chi connectivity index (χ0) is 17.8. The molecule has 0 aliphatic carbocycles. The molecule has 0 aliphatic heterocycles. The molecule has 0 aliphatic rings. The average Bonchev–Trinajstić information content (AvgIpc) is 2.35. The van der Waals surface area contributed by atoms with Gasteiger partial charge in [0.2, 0.25) is 0 Å². The molecule has 0 bridgehead atoms. The van der Waals surface area contributed by atoms with Crippen molar-refractivity contribution in [2.24, 2.45) is 0 Å². The minimum atomic E-state index is -0.826. The second-order valence-corrected chi connectivity index (χ2v) is 7.48. The number of aromatic nitrogens is 1. The highest BCUT2D eigenvalue weighted by molar-refractivity contribution is 9.08. The van der Waals surface area contributed by atoms with E-state index in [1.165, 1.54) is 6.20 Å². The van der Waals surface area contributed by atoms with Gasteiger partial charge in [0.1, 0.15) is 11.2 Å². The van der Waals surface area contributed by atoms with Crippen molar-refractivity contribution in [1.82, 2.24) is 4.98 Å². The Morgan fingerprint density at radius 1 is 1.09 bits per heavy atom. The summed E-state index contributed by atoms with van der Waals surface area (Å²) in [6, 6.07) is 3.49. The lowest BCUT2D eigenvalue weighted by atomic mass is 10.2. The van der Waals surface area contributed by atoms with Crippen molar-refractivity contribution < 1.29 is 19.1 Å². The van der Waals surface area contributed by atoms with E-state index in [-0.39, 0.29) is 5.82 Å². The molecule has 0 saturated heterocycles. The monoisotopic (exact) mass is 386 g/mol. The lowest BCUT2D eigenvalue weighted by molar-refractivity contribution is 0.0428. The number of halogens is 1. The quantitative estimate of drug-likeness (QED) is 0.691. The van der Waals surface area contributed by atoms with Gasteiger partial charge in [-0.1, -0.05) is 22.0 Å². The summed E-state index contributed by atoms with van der Waals surface area (Å²) in [5, 5.41) is 0.429. The van der Waals surface area contributed by atoms with Crippen LogP contribution in [0, 0.1) is 0 Å². The Labute approximate surface area is 145 Å². The van der Waals surface area contributed by atoms with Crippen molar-refractivity contribution in [2.45, 2.75) is 58.1 Å². The summed E-state index contributed by atoms with van der Waals surface area (Å²) >= 11 is 3.33. The maximum atomic E-state index is 12.5. The Morgan fingerprint density at radius 3 is 1.96 bits per heavy atom. The lowest BCUT2D eigenvalue weighted by Crippen LogP contribution is -2.44. The van der Waals surface area contributed by atoms with E-state index >= 15 is 0 Å². The summed E-state index contributed by atoms with van der Waals surface area (Å²) in [4.78, 5) is 30.0. The molecule has 2 amide bonds. The fraction of sp³-hybridized carbons (Fsp3) is 0.562. The van der Waals surface area contributed by atoms with Gasteiger partial charge in [-0.15, -0.1) is 0 Å². The van der Waals surface area contributed by atoms with E-state index in [2.05, 4.69) is 20.9 Å². The third kappa shape index (κ3) is 6.17. The van der Waals surface area contributed by atoms with Crippen LogP contribution >= 0.6 is 15.9 Å². The molecule has 1 aromatic rings. The third-order valence-corrected chi connectivity index (χ3v) is 2.98. The average molecular weight is 387 g/mol. The van der Waals surface area contributed by atoms with Gasteiger partial charge in [-0.25, -0.2) is 14.6 Å². The summed E-state index contributed by atoms with van der Waals surface area (Å²) in [5.74, 6) is 0.188. The predicted molar refractivity (Wildman–Crippen MR) is 91.8 cm³/mol. The van der Waals surface area contributed by atoms with Gasteiger partial charge in [0.15, 0.2) is 5.82 Å². The van der Waals surface area contributed by atoms with Crippen LogP contribution in [0.5, 0.6) is 0 Å². The van der Waals surface area contributed by atoms with E-state index in [0.717, 1.165) is 4.90 Å². The molecule has 23 heavy (non-hydrogen) atoms. The van der Waals surface area contributed by atoms with Crippen LogP contribution in [-0.4, -0.2) is 28.4 Å². The van der Waals surface area contributed by atoms with Crippen LogP contribution in [-0.2, 0) is 14.8 Å². The molecule has 1 heterocycles. The molecule has 7 heteroatoms. The number of imide groups is 1. The molecule has 128 valence electrons. The van der Waals surface area contributed by atoms with E-state index in [9.17, 15) is 9.59 Å². The smallest absolute Gasteiger partial charge is 0.425 e. The van der Waals surface area contributed by atoms with Gasteiger partial charge in [0, 0.05) is 17.1 Å². The molecule has 1 rings (SSSR count). The Morgan fingerprint density at radius 2 is 1.57 bits per heavy atom. The summed E-state index contributed by atoms with van der Waals surface area (Å²) in [6.07, 6.45) is -0.149. The van der Waals surface area contributed by atoms with E-state index in [4.69, 9.17) is 9.47 Å². The van der Waals surface area contributed by atoms with Gasteiger partial charge in [0.05, 0.1) is 0 Å². The summed E-state index contributed by atoms with van der Waals surface area (Å²) < 4.78 is 10.6. The molecule has 6 nitrogen and oxygen atoms in total. The number of ether oxygens (including phenoxy) is 2. The number of anilines is 1. The van der Waals surface area contributed by atoms with Crippen LogP contribution in [0.1, 0.15) is 47.1 Å². The second kappa shape index (κ2) is 7.29. The third-order valence-electron chi connectivity index (χ3n) is 2.38. The van der Waals surface area contributed by atoms with Gasteiger partial charge in [-0.05, 0) is 47.6 Å². The first-order valence-corrected chi connectivity index (χ1v) is 8.32. The van der Waals surface area contributed by atoms with E-state index in [0.29, 0.717) is 10.9 Å².